The molecule has 16 amide bonds. The van der Waals surface area contributed by atoms with Gasteiger partial charge in [-0.2, -0.15) is 11.8 Å². The molecule has 46 nitrogen and oxygen atoms in total. The molecule has 47 heteroatoms. The van der Waals surface area contributed by atoms with Gasteiger partial charge >= 0.3 is 11.9 Å². The van der Waals surface area contributed by atoms with Gasteiger partial charge in [-0.05, 0) is 119 Å². The van der Waals surface area contributed by atoms with Crippen molar-refractivity contribution in [3.8, 4) is 0 Å². The number of aliphatic hydroxyl groups excluding tert-OH is 3. The number of carbonyl (C=O) groups is 18. The molecule has 0 bridgehead atoms. The molecule has 0 heterocycles. The predicted octanol–water partition coefficient (Wildman–Crippen LogP) is -7.70. The summed E-state index contributed by atoms with van der Waals surface area (Å²) in [6, 6.07) is -24.1. The highest BCUT2D eigenvalue weighted by molar-refractivity contribution is 7.98. The van der Waals surface area contributed by atoms with Crippen LogP contribution >= 0.6 is 11.8 Å². The average molecular weight is 1770 g/mol. The molecule has 0 aromatic rings. The fourth-order valence-electron chi connectivity index (χ4n) is 12.0. The maximum Gasteiger partial charge on any atom is 0.328 e. The van der Waals surface area contributed by atoms with Gasteiger partial charge in [0.05, 0.1) is 31.8 Å². The van der Waals surface area contributed by atoms with E-state index in [9.17, 15) is 112 Å². The quantitative estimate of drug-likeness (QED) is 0.0153. The third-order valence-corrected chi connectivity index (χ3v) is 19.9. The summed E-state index contributed by atoms with van der Waals surface area (Å²) in [5.74, 6) is -23.2. The van der Waals surface area contributed by atoms with Gasteiger partial charge in [0.2, 0.25) is 94.5 Å². The zero-order valence-electron chi connectivity index (χ0n) is 72.8. The molecule has 0 aliphatic heterocycles. The third kappa shape index (κ3) is 44.2. The second-order valence-electron chi connectivity index (χ2n) is 31.8. The Morgan fingerprint density at radius 1 is 0.350 bits per heavy atom. The maximum absolute atomic E-state index is 14.6. The number of hydrogen-bond acceptors (Lipinski definition) is 25. The lowest BCUT2D eigenvalue weighted by molar-refractivity contribution is -0.143. The monoisotopic (exact) mass is 1770 g/mol. The van der Waals surface area contributed by atoms with Crippen molar-refractivity contribution in [2.75, 3.05) is 38.3 Å². The lowest BCUT2D eigenvalue weighted by Gasteiger charge is -2.31. The van der Waals surface area contributed by atoms with Crippen molar-refractivity contribution in [2.24, 2.45) is 85.6 Å². The van der Waals surface area contributed by atoms with Crippen LogP contribution in [-0.4, -0.2) is 279 Å². The van der Waals surface area contributed by atoms with Crippen LogP contribution in [0.25, 0.3) is 0 Å². The van der Waals surface area contributed by atoms with Crippen molar-refractivity contribution >= 4 is 130 Å². The Bertz CT molecular complexity index is 3590. The van der Waals surface area contributed by atoms with Crippen LogP contribution in [0.3, 0.4) is 0 Å². The Morgan fingerprint density at radius 2 is 0.659 bits per heavy atom. The van der Waals surface area contributed by atoms with Gasteiger partial charge in [-0.25, -0.2) is 4.79 Å². The number of aliphatic carboxylic acids is 2. The van der Waals surface area contributed by atoms with Gasteiger partial charge in [-0.15, -0.1) is 0 Å². The van der Waals surface area contributed by atoms with E-state index in [0.717, 1.165) is 6.92 Å². The number of carboxylic acid groups (broad SMARTS) is 2. The minimum absolute atomic E-state index is 0.00263. The lowest BCUT2D eigenvalue weighted by Crippen LogP contribution is -2.63. The van der Waals surface area contributed by atoms with Gasteiger partial charge in [0.1, 0.15) is 84.6 Å². The number of nitrogens with two attached hydrogens (primary N) is 7. The first-order valence-electron chi connectivity index (χ1n) is 40.9. The number of nitrogens with zero attached hydrogens (tertiary/aromatic N) is 2. The Kier molecular flexibility index (Phi) is 53.2. The highest BCUT2D eigenvalue weighted by Crippen LogP contribution is 2.18. The molecule has 0 rings (SSSR count). The average Bonchev–Trinajstić information content (AvgIpc) is 0.851. The van der Waals surface area contributed by atoms with Crippen molar-refractivity contribution in [3.63, 3.8) is 0 Å². The normalized spacial score (nSPS) is 15.7. The fourth-order valence-corrected chi connectivity index (χ4v) is 12.4. The molecule has 123 heavy (non-hydrogen) atoms. The van der Waals surface area contributed by atoms with E-state index in [4.69, 9.17) is 40.1 Å². The van der Waals surface area contributed by atoms with Crippen LogP contribution in [0.2, 0.25) is 0 Å². The zero-order chi connectivity index (χ0) is 94.4. The summed E-state index contributed by atoms with van der Waals surface area (Å²) in [5, 5.41) is 84.8. The third-order valence-electron chi connectivity index (χ3n) is 19.3. The van der Waals surface area contributed by atoms with E-state index in [0.29, 0.717) is 6.42 Å². The van der Waals surface area contributed by atoms with Crippen molar-refractivity contribution in [3.05, 3.63) is 0 Å². The second kappa shape index (κ2) is 58.3. The first-order valence-corrected chi connectivity index (χ1v) is 42.3. The highest BCUT2D eigenvalue weighted by atomic mass is 32.2. The standard InChI is InChI=1S/C76H137N23O23S/c1-15-39(11)57(97-67(114)48(30-36(5)6)90-60(107)42(77)19-17-26-84-75(80)81)71(118)88-44(21-23-53(78)103)63(110)92-50(32-54(79)104)66(113)94-51(33-100)69(116)91-49(31-37(7)8)68(115)99-59(41(13)102)73(120)98-58(40(12)16-2)72(119)89-45(22-24-55(105)106)62(109)86-43(20-18-27-85-76(82)83)61(108)87-46(25-28-123-14)64(111)96-56(38(9)10)70(117)93-47(29-35(3)4)65(112)95-52(34-101)74(121)122/h35-52,56-59,100-102H,15-34,77H2,1-14H3,(H2,78,103)(H2,79,104)(H,86,109)(H,87,108)(H,88,118)(H,89,119)(H,90,107)(H,91,116)(H,92,110)(H,93,117)(H,94,113)(H,95,112)(H,96,111)(H,97,114)(H,98,120)(H,99,115)(H,105,106)(H,121,122)(H4,80,81,84)(H4,82,83,85)/t39-,40-,41+,42-,43-,44-,45-,46-,47-,48-,49-,50-,51-,52-,56-,57-,58-,59-/m0/s1. The Hall–Kier alpha value is -10.8. The molecule has 0 aromatic carbocycles. The summed E-state index contributed by atoms with van der Waals surface area (Å²) in [4.78, 5) is 254. The molecular formula is C76H137N23O23S. The van der Waals surface area contributed by atoms with E-state index in [1.807, 2.05) is 0 Å². The minimum atomic E-state index is -2.01. The topological polar surface area (TPSA) is 784 Å². The number of guanidine groups is 2. The van der Waals surface area contributed by atoms with Gasteiger partial charge in [0.15, 0.2) is 11.9 Å². The van der Waals surface area contributed by atoms with Crippen molar-refractivity contribution in [1.82, 2.24) is 74.4 Å². The highest BCUT2D eigenvalue weighted by Gasteiger charge is 2.41. The van der Waals surface area contributed by atoms with Gasteiger partial charge in [-0.3, -0.25) is 91.5 Å². The van der Waals surface area contributed by atoms with Crippen LogP contribution in [0.1, 0.15) is 186 Å². The number of primary amides is 2. The predicted molar refractivity (Wildman–Crippen MR) is 453 cm³/mol. The fraction of sp³-hybridized carbons (Fsp3) is 0.737. The summed E-state index contributed by atoms with van der Waals surface area (Å²) < 4.78 is 0. The number of hydrogen-bond donors (Lipinski definition) is 26. The zero-order valence-corrected chi connectivity index (χ0v) is 73.6. The van der Waals surface area contributed by atoms with Gasteiger partial charge in [-0.1, -0.05) is 95.9 Å². The van der Waals surface area contributed by atoms with Gasteiger partial charge in [0, 0.05) is 25.9 Å². The van der Waals surface area contributed by atoms with Crippen LogP contribution in [0, 0.1) is 35.5 Å². The SMILES string of the molecule is CC[C@H](C)[C@H](NC(=O)[C@H](CC(C)C)NC(=O)[C@@H](N)CCCN=C(N)N)C(=O)N[C@@H](CCC(N)=O)C(=O)N[C@@H](CC(N)=O)C(=O)N[C@@H](CO)C(=O)N[C@@H](CC(C)C)C(=O)N[C@H](C(=O)N[C@H](C(=O)N[C@@H](CCC(=O)O)C(=O)N[C@@H](CCCN=C(N)N)C(=O)N[C@@H](CCSC)C(=O)N[C@H](C(=O)N[C@@H](CC(C)C)C(=O)N[C@@H](CO)C(=O)O)C(C)C)[C@@H](C)CC)[C@@H](C)O. The number of carboxylic acids is 2. The number of nitrogens with one attached hydrogen (secondary N) is 14. The first-order chi connectivity index (χ1) is 57.4. The molecule has 700 valence electrons. The van der Waals surface area contributed by atoms with Crippen molar-refractivity contribution < 1.29 is 112 Å². The lowest BCUT2D eigenvalue weighted by atomic mass is 9.96. The van der Waals surface area contributed by atoms with Crippen LogP contribution < -0.4 is 115 Å². The number of aliphatic hydroxyl groups is 3. The Balaban J connectivity index is 7.22. The molecule has 0 saturated heterocycles. The molecule has 0 aromatic heterocycles. The van der Waals surface area contributed by atoms with Crippen LogP contribution in [0.15, 0.2) is 9.98 Å². The van der Waals surface area contributed by atoms with Crippen molar-refractivity contribution in [1.29, 1.82) is 0 Å². The summed E-state index contributed by atoms with van der Waals surface area (Å²) >= 11 is 1.27. The van der Waals surface area contributed by atoms with Gasteiger partial charge < -0.3 is 140 Å². The molecule has 18 atom stereocenters. The van der Waals surface area contributed by atoms with Crippen molar-refractivity contribution in [2.45, 2.75) is 283 Å². The number of aliphatic imine (C=N–C) groups is 2. The Morgan fingerprint density at radius 3 is 1.05 bits per heavy atom. The van der Waals surface area contributed by atoms with E-state index in [-0.39, 0.29) is 100 Å². The summed E-state index contributed by atoms with van der Waals surface area (Å²) in [5.41, 5.74) is 38.9. The van der Waals surface area contributed by atoms with Gasteiger partial charge in [0.25, 0.3) is 0 Å². The maximum atomic E-state index is 14.6. The van der Waals surface area contributed by atoms with E-state index in [1.165, 1.54) is 18.7 Å². The summed E-state index contributed by atoms with van der Waals surface area (Å²) in [6.45, 7) is 18.7. The minimum Gasteiger partial charge on any atom is -0.481 e. The number of thioether (sulfide) groups is 1. The largest absolute Gasteiger partial charge is 0.481 e. The number of rotatable bonds is 62. The first kappa shape index (κ1) is 112. The molecule has 0 radical (unpaired) electrons. The van der Waals surface area contributed by atoms with E-state index in [1.54, 1.807) is 82.4 Å². The molecule has 0 saturated carbocycles. The smallest absolute Gasteiger partial charge is 0.328 e. The van der Waals surface area contributed by atoms with Crippen LogP contribution in [0.4, 0.5) is 0 Å². The molecule has 0 aliphatic rings. The molecule has 0 fully saturated rings. The van der Waals surface area contributed by atoms with E-state index in [2.05, 4.69) is 84.4 Å². The van der Waals surface area contributed by atoms with E-state index >= 15 is 0 Å². The molecule has 0 aliphatic carbocycles. The van der Waals surface area contributed by atoms with E-state index < -0.39 is 272 Å². The molecule has 0 unspecified atom stereocenters. The summed E-state index contributed by atoms with van der Waals surface area (Å²) in [7, 11) is 0. The van der Waals surface area contributed by atoms with Crippen LogP contribution in [-0.2, 0) is 86.3 Å². The molecular weight excluding hydrogens is 1640 g/mol. The Labute approximate surface area is 720 Å². The molecule has 0 spiro atoms. The summed E-state index contributed by atoms with van der Waals surface area (Å²) in [6.07, 6.45) is -3.28. The number of carbonyl (C=O) groups excluding carboxylic acids is 16. The number of amides is 16. The second-order valence-corrected chi connectivity index (χ2v) is 32.8. The van der Waals surface area contributed by atoms with Crippen LogP contribution in [0.5, 0.6) is 0 Å². The molecule has 33 N–H and O–H groups in total.